The molecule has 1 aromatic heterocycles. The van der Waals surface area contributed by atoms with Gasteiger partial charge in [0, 0.05) is 38.1 Å². The average molecular weight is 428 g/mol. The Labute approximate surface area is 169 Å². The van der Waals surface area contributed by atoms with Gasteiger partial charge in [-0.1, -0.05) is 0 Å². The van der Waals surface area contributed by atoms with Crippen molar-refractivity contribution in [3.05, 3.63) is 47.5 Å². The van der Waals surface area contributed by atoms with E-state index in [4.69, 9.17) is 0 Å². The molecule has 0 N–H and O–H groups in total. The molecular weight excluding hydrogens is 408 g/mol. The Morgan fingerprint density at radius 3 is 2.30 bits per heavy atom. The highest BCUT2D eigenvalue weighted by atomic mass is 19.4. The smallest absolute Gasteiger partial charge is 0.436 e. The monoisotopic (exact) mass is 428 g/mol. The van der Waals surface area contributed by atoms with E-state index in [1.165, 1.54) is 24.0 Å². The van der Waals surface area contributed by atoms with Crippen LogP contribution in [0.4, 0.5) is 23.2 Å². The zero-order chi connectivity index (χ0) is 21.9. The summed E-state index contributed by atoms with van der Waals surface area (Å²) >= 11 is 0. The predicted octanol–water partition coefficient (Wildman–Crippen LogP) is 2.57. The van der Waals surface area contributed by atoms with Crippen LogP contribution in [0.1, 0.15) is 23.0 Å². The number of halogens is 4. The number of benzene rings is 1. The number of carbonyl (C=O) groups excluding carboxylic acids is 2. The van der Waals surface area contributed by atoms with Crippen molar-refractivity contribution in [1.82, 2.24) is 14.7 Å². The highest BCUT2D eigenvalue weighted by Gasteiger charge is 2.40. The molecule has 11 heteroatoms. The average Bonchev–Trinajstić information content (AvgIpc) is 3.13. The lowest BCUT2D eigenvalue weighted by atomic mass is 10.2. The minimum Gasteiger partial charge on any atom is -0.462 e. The Bertz CT molecular complexity index is 903. The summed E-state index contributed by atoms with van der Waals surface area (Å²) in [6.07, 6.45) is -3.97. The van der Waals surface area contributed by atoms with Crippen LogP contribution in [0, 0.1) is 5.82 Å². The van der Waals surface area contributed by atoms with Gasteiger partial charge in [0.1, 0.15) is 17.9 Å². The number of amides is 1. The number of esters is 1. The van der Waals surface area contributed by atoms with Crippen molar-refractivity contribution in [2.24, 2.45) is 0 Å². The topological polar surface area (TPSA) is 67.7 Å². The first kappa shape index (κ1) is 21.6. The Morgan fingerprint density at radius 2 is 1.73 bits per heavy atom. The van der Waals surface area contributed by atoms with Crippen molar-refractivity contribution in [1.29, 1.82) is 0 Å². The summed E-state index contributed by atoms with van der Waals surface area (Å²) < 4.78 is 58.0. The van der Waals surface area contributed by atoms with Crippen LogP contribution < -0.4 is 4.90 Å². The molecule has 0 aliphatic carbocycles. The molecule has 1 fully saturated rings. The number of nitrogens with zero attached hydrogens (tertiary/aromatic N) is 4. The van der Waals surface area contributed by atoms with Crippen molar-refractivity contribution in [3.8, 4) is 0 Å². The maximum atomic E-state index is 13.2. The molecule has 1 saturated heterocycles. The van der Waals surface area contributed by atoms with Crippen molar-refractivity contribution >= 4 is 17.6 Å². The number of ether oxygens (including phenoxy) is 1. The molecule has 1 aromatic carbocycles. The highest BCUT2D eigenvalue weighted by molar-refractivity contribution is 5.90. The van der Waals surface area contributed by atoms with Crippen LogP contribution in [0.15, 0.2) is 30.5 Å². The molecule has 2 aromatic rings. The van der Waals surface area contributed by atoms with Gasteiger partial charge in [0.15, 0.2) is 5.69 Å². The molecule has 7 nitrogen and oxygen atoms in total. The van der Waals surface area contributed by atoms with Gasteiger partial charge in [0.2, 0.25) is 5.91 Å². The number of hydrogen-bond acceptors (Lipinski definition) is 5. The van der Waals surface area contributed by atoms with Crippen LogP contribution >= 0.6 is 0 Å². The zero-order valence-electron chi connectivity index (χ0n) is 16.2. The first-order chi connectivity index (χ1) is 14.2. The third-order valence-corrected chi connectivity index (χ3v) is 4.65. The molecule has 0 bridgehead atoms. The van der Waals surface area contributed by atoms with Crippen LogP contribution in [0.2, 0.25) is 0 Å². The maximum Gasteiger partial charge on any atom is 0.436 e. The predicted molar refractivity (Wildman–Crippen MR) is 98.4 cm³/mol. The van der Waals surface area contributed by atoms with E-state index in [9.17, 15) is 27.2 Å². The second-order valence-corrected chi connectivity index (χ2v) is 6.65. The summed E-state index contributed by atoms with van der Waals surface area (Å²) in [6.45, 7) is 2.67. The third-order valence-electron chi connectivity index (χ3n) is 4.65. The number of carbonyl (C=O) groups is 2. The lowest BCUT2D eigenvalue weighted by Crippen LogP contribution is -2.49. The minimum absolute atomic E-state index is 0.0847. The molecule has 1 aliphatic heterocycles. The van der Waals surface area contributed by atoms with Crippen LogP contribution in [0.25, 0.3) is 0 Å². The molecule has 3 rings (SSSR count). The third kappa shape index (κ3) is 4.89. The van der Waals surface area contributed by atoms with E-state index >= 15 is 0 Å². The highest BCUT2D eigenvalue weighted by Crippen LogP contribution is 2.31. The molecule has 1 amide bonds. The quantitative estimate of drug-likeness (QED) is 0.541. The normalized spacial score (nSPS) is 14.7. The Hall–Kier alpha value is -3.11. The van der Waals surface area contributed by atoms with E-state index in [-0.39, 0.29) is 12.4 Å². The van der Waals surface area contributed by atoms with Gasteiger partial charge >= 0.3 is 12.1 Å². The van der Waals surface area contributed by atoms with Gasteiger partial charge in [0.25, 0.3) is 0 Å². The van der Waals surface area contributed by atoms with E-state index in [0.29, 0.717) is 26.2 Å². The summed E-state index contributed by atoms with van der Waals surface area (Å²) in [5.41, 5.74) is -1.28. The first-order valence-corrected chi connectivity index (χ1v) is 9.29. The van der Waals surface area contributed by atoms with Gasteiger partial charge in [-0.25, -0.2) is 9.18 Å². The number of aromatic nitrogens is 2. The Morgan fingerprint density at radius 1 is 1.10 bits per heavy atom. The van der Waals surface area contributed by atoms with E-state index in [1.54, 1.807) is 12.1 Å². The molecular formula is C19H20F4N4O3. The standard InChI is InChI=1S/C19H20F4N4O3/c1-2-30-18(29)15-11-27(24-17(15)19(21,22)23)12-16(28)26-9-7-25(8-10-26)14-5-3-13(20)4-6-14/h3-6,11H,2,7-10,12H2,1H3. The van der Waals surface area contributed by atoms with E-state index in [0.717, 1.165) is 16.6 Å². The van der Waals surface area contributed by atoms with E-state index < -0.39 is 35.9 Å². The zero-order valence-corrected chi connectivity index (χ0v) is 16.2. The van der Waals surface area contributed by atoms with Gasteiger partial charge in [-0.05, 0) is 31.2 Å². The lowest BCUT2D eigenvalue weighted by molar-refractivity contribution is -0.142. The second-order valence-electron chi connectivity index (χ2n) is 6.65. The second kappa shape index (κ2) is 8.72. The fourth-order valence-corrected chi connectivity index (χ4v) is 3.17. The SMILES string of the molecule is CCOC(=O)c1cn(CC(=O)N2CCN(c3ccc(F)cc3)CC2)nc1C(F)(F)F. The summed E-state index contributed by atoms with van der Waals surface area (Å²) in [6, 6.07) is 5.99. The fourth-order valence-electron chi connectivity index (χ4n) is 3.17. The van der Waals surface area contributed by atoms with E-state index in [2.05, 4.69) is 9.84 Å². The number of rotatable bonds is 5. The number of piperazine rings is 1. The summed E-state index contributed by atoms with van der Waals surface area (Å²) in [7, 11) is 0. The summed E-state index contributed by atoms with van der Waals surface area (Å²) in [5.74, 6) is -1.90. The summed E-state index contributed by atoms with van der Waals surface area (Å²) in [4.78, 5) is 27.8. The number of anilines is 1. The molecule has 1 aliphatic rings. The van der Waals surface area contributed by atoms with Crippen molar-refractivity contribution in [2.75, 3.05) is 37.7 Å². The van der Waals surface area contributed by atoms with Crippen molar-refractivity contribution in [2.45, 2.75) is 19.6 Å². The van der Waals surface area contributed by atoms with Gasteiger partial charge in [0.05, 0.1) is 6.61 Å². The minimum atomic E-state index is -4.85. The van der Waals surface area contributed by atoms with Crippen LogP contribution in [0.3, 0.4) is 0 Å². The molecule has 0 radical (unpaired) electrons. The van der Waals surface area contributed by atoms with Gasteiger partial charge in [-0.15, -0.1) is 0 Å². The maximum absolute atomic E-state index is 13.2. The lowest BCUT2D eigenvalue weighted by Gasteiger charge is -2.36. The number of alkyl halides is 3. The van der Waals surface area contributed by atoms with E-state index in [1.807, 2.05) is 4.90 Å². The summed E-state index contributed by atoms with van der Waals surface area (Å²) in [5, 5.41) is 3.39. The molecule has 0 saturated carbocycles. The van der Waals surface area contributed by atoms with Crippen molar-refractivity contribution < 1.29 is 31.9 Å². The Kier molecular flexibility index (Phi) is 6.28. The molecule has 0 spiro atoms. The van der Waals surface area contributed by atoms with Crippen molar-refractivity contribution in [3.63, 3.8) is 0 Å². The molecule has 2 heterocycles. The number of hydrogen-bond donors (Lipinski definition) is 0. The first-order valence-electron chi connectivity index (χ1n) is 9.29. The molecule has 0 unspecified atom stereocenters. The molecule has 0 atom stereocenters. The van der Waals surface area contributed by atoms with Crippen LogP contribution in [-0.2, 0) is 22.3 Å². The Balaban J connectivity index is 1.65. The molecule has 30 heavy (non-hydrogen) atoms. The fraction of sp³-hybridized carbons (Fsp3) is 0.421. The van der Waals surface area contributed by atoms with Crippen LogP contribution in [0.5, 0.6) is 0 Å². The van der Waals surface area contributed by atoms with Gasteiger partial charge in [-0.2, -0.15) is 18.3 Å². The largest absolute Gasteiger partial charge is 0.462 e. The van der Waals surface area contributed by atoms with Crippen LogP contribution in [-0.4, -0.2) is 59.3 Å². The molecule has 162 valence electrons. The van der Waals surface area contributed by atoms with Gasteiger partial charge < -0.3 is 14.5 Å². The van der Waals surface area contributed by atoms with Gasteiger partial charge in [-0.3, -0.25) is 9.48 Å².